The minimum Gasteiger partial charge on any atom is -0.354 e. The van der Waals surface area contributed by atoms with E-state index in [-0.39, 0.29) is 5.91 Å². The number of amides is 1. The number of pyridine rings is 1. The topological polar surface area (TPSA) is 54.0 Å². The number of nitrogens with zero attached hydrogens (tertiary/aromatic N) is 1. The maximum atomic E-state index is 12.2. The number of para-hydroxylation sites is 1. The van der Waals surface area contributed by atoms with E-state index in [9.17, 15) is 4.79 Å². The van der Waals surface area contributed by atoms with E-state index in [0.717, 1.165) is 22.6 Å². The van der Waals surface area contributed by atoms with Crippen LogP contribution >= 0.6 is 11.6 Å². The van der Waals surface area contributed by atoms with Crippen molar-refractivity contribution in [2.45, 2.75) is 6.92 Å². The van der Waals surface area contributed by atoms with Gasteiger partial charge in [0.25, 0.3) is 5.91 Å². The van der Waals surface area contributed by atoms with Gasteiger partial charge in [-0.1, -0.05) is 35.9 Å². The van der Waals surface area contributed by atoms with Crippen LogP contribution in [0.4, 0.5) is 17.1 Å². The molecule has 0 unspecified atom stereocenters. The first kappa shape index (κ1) is 16.0. The van der Waals surface area contributed by atoms with Crippen molar-refractivity contribution in [2.24, 2.45) is 0 Å². The molecule has 0 spiro atoms. The highest BCUT2D eigenvalue weighted by Gasteiger charge is 2.08. The number of carbonyl (C=O) groups excluding carboxylic acids is 1. The highest BCUT2D eigenvalue weighted by Crippen LogP contribution is 2.25. The molecular formula is C19H16ClN3O. The molecule has 3 rings (SSSR count). The van der Waals surface area contributed by atoms with Crippen molar-refractivity contribution in [3.05, 3.63) is 83.1 Å². The van der Waals surface area contributed by atoms with Crippen LogP contribution in [0, 0.1) is 6.92 Å². The number of hydrogen-bond acceptors (Lipinski definition) is 3. The van der Waals surface area contributed by atoms with Crippen molar-refractivity contribution in [3.63, 3.8) is 0 Å². The molecule has 0 bridgehead atoms. The molecule has 0 aliphatic carbocycles. The summed E-state index contributed by atoms with van der Waals surface area (Å²) in [5.41, 5.74) is 3.75. The minimum atomic E-state index is -0.244. The van der Waals surface area contributed by atoms with Gasteiger partial charge < -0.3 is 10.6 Å². The van der Waals surface area contributed by atoms with Gasteiger partial charge in [-0.05, 0) is 48.9 Å². The Hall–Kier alpha value is -2.85. The van der Waals surface area contributed by atoms with Crippen molar-refractivity contribution < 1.29 is 4.79 Å². The zero-order chi connectivity index (χ0) is 16.9. The van der Waals surface area contributed by atoms with Gasteiger partial charge in [0, 0.05) is 16.4 Å². The SMILES string of the molecule is Cc1c(Cl)cccc1Nc1ccc(C(=O)Nc2ccccc2)nc1. The average Bonchev–Trinajstić information content (AvgIpc) is 2.60. The van der Waals surface area contributed by atoms with Crippen LogP contribution < -0.4 is 10.6 Å². The van der Waals surface area contributed by atoms with Crippen LogP contribution in [0.3, 0.4) is 0 Å². The van der Waals surface area contributed by atoms with E-state index in [1.807, 2.05) is 61.5 Å². The van der Waals surface area contributed by atoms with Gasteiger partial charge in [0.1, 0.15) is 5.69 Å². The first-order valence-electron chi connectivity index (χ1n) is 7.48. The molecule has 1 heterocycles. The maximum Gasteiger partial charge on any atom is 0.274 e. The molecule has 0 saturated heterocycles. The van der Waals surface area contributed by atoms with Gasteiger partial charge in [0.05, 0.1) is 11.9 Å². The first-order valence-corrected chi connectivity index (χ1v) is 7.86. The molecule has 24 heavy (non-hydrogen) atoms. The summed E-state index contributed by atoms with van der Waals surface area (Å²) in [5.74, 6) is -0.244. The number of benzene rings is 2. The summed E-state index contributed by atoms with van der Waals surface area (Å²) in [6.45, 7) is 1.94. The minimum absolute atomic E-state index is 0.244. The van der Waals surface area contributed by atoms with Crippen LogP contribution in [0.5, 0.6) is 0 Å². The summed E-state index contributed by atoms with van der Waals surface area (Å²) in [5, 5.41) is 6.76. The van der Waals surface area contributed by atoms with Crippen LogP contribution in [0.15, 0.2) is 66.9 Å². The summed E-state index contributed by atoms with van der Waals surface area (Å²) in [6, 6.07) is 18.4. The van der Waals surface area contributed by atoms with E-state index in [4.69, 9.17) is 11.6 Å². The Balaban J connectivity index is 1.71. The average molecular weight is 338 g/mol. The van der Waals surface area contributed by atoms with Crippen molar-refractivity contribution in [2.75, 3.05) is 10.6 Å². The summed E-state index contributed by atoms with van der Waals surface area (Å²) in [7, 11) is 0. The van der Waals surface area contributed by atoms with Crippen molar-refractivity contribution >= 4 is 34.6 Å². The van der Waals surface area contributed by atoms with Crippen molar-refractivity contribution in [1.82, 2.24) is 4.98 Å². The van der Waals surface area contributed by atoms with E-state index in [0.29, 0.717) is 10.7 Å². The highest BCUT2D eigenvalue weighted by atomic mass is 35.5. The lowest BCUT2D eigenvalue weighted by molar-refractivity contribution is 0.102. The smallest absolute Gasteiger partial charge is 0.274 e. The summed E-state index contributed by atoms with van der Waals surface area (Å²) in [6.07, 6.45) is 1.63. The number of nitrogens with one attached hydrogen (secondary N) is 2. The number of hydrogen-bond donors (Lipinski definition) is 2. The van der Waals surface area contributed by atoms with Crippen LogP contribution in [-0.2, 0) is 0 Å². The summed E-state index contributed by atoms with van der Waals surface area (Å²) >= 11 is 6.12. The molecule has 0 aliphatic rings. The molecule has 3 aromatic rings. The summed E-state index contributed by atoms with van der Waals surface area (Å²) in [4.78, 5) is 16.4. The van der Waals surface area contributed by atoms with Crippen LogP contribution in [-0.4, -0.2) is 10.9 Å². The highest BCUT2D eigenvalue weighted by molar-refractivity contribution is 6.31. The van der Waals surface area contributed by atoms with Gasteiger partial charge in [-0.15, -0.1) is 0 Å². The number of anilines is 3. The fourth-order valence-electron chi connectivity index (χ4n) is 2.22. The predicted octanol–water partition coefficient (Wildman–Crippen LogP) is 5.04. The Morgan fingerprint density at radius 2 is 1.75 bits per heavy atom. The third-order valence-corrected chi connectivity index (χ3v) is 3.98. The molecule has 0 fully saturated rings. The largest absolute Gasteiger partial charge is 0.354 e. The first-order chi connectivity index (χ1) is 11.6. The number of halogens is 1. The quantitative estimate of drug-likeness (QED) is 0.701. The second kappa shape index (κ2) is 7.15. The Labute approximate surface area is 145 Å². The third kappa shape index (κ3) is 3.73. The Morgan fingerprint density at radius 3 is 2.46 bits per heavy atom. The lowest BCUT2D eigenvalue weighted by atomic mass is 10.2. The van der Waals surface area contributed by atoms with Gasteiger partial charge in [-0.2, -0.15) is 0 Å². The fraction of sp³-hybridized carbons (Fsp3) is 0.0526. The molecule has 0 saturated carbocycles. The zero-order valence-corrected chi connectivity index (χ0v) is 13.8. The van der Waals surface area contributed by atoms with E-state index in [2.05, 4.69) is 15.6 Å². The fourth-order valence-corrected chi connectivity index (χ4v) is 2.39. The molecule has 0 radical (unpaired) electrons. The number of rotatable bonds is 4. The molecule has 5 heteroatoms. The van der Waals surface area contributed by atoms with E-state index < -0.39 is 0 Å². The van der Waals surface area contributed by atoms with Gasteiger partial charge in [-0.3, -0.25) is 4.79 Å². The van der Waals surface area contributed by atoms with E-state index in [1.54, 1.807) is 12.3 Å². The van der Waals surface area contributed by atoms with Gasteiger partial charge in [0.2, 0.25) is 0 Å². The van der Waals surface area contributed by atoms with Crippen molar-refractivity contribution in [3.8, 4) is 0 Å². The number of carbonyl (C=O) groups is 1. The van der Waals surface area contributed by atoms with Crippen LogP contribution in [0.1, 0.15) is 16.1 Å². The standard InChI is InChI=1S/C19H16ClN3O/c1-13-16(20)8-5-9-17(13)22-15-10-11-18(21-12-15)19(24)23-14-6-3-2-4-7-14/h2-12,22H,1H3,(H,23,24). The molecule has 120 valence electrons. The lowest BCUT2D eigenvalue weighted by Gasteiger charge is -2.11. The van der Waals surface area contributed by atoms with Gasteiger partial charge >= 0.3 is 0 Å². The lowest BCUT2D eigenvalue weighted by Crippen LogP contribution is -2.13. The van der Waals surface area contributed by atoms with Gasteiger partial charge in [0.15, 0.2) is 0 Å². The van der Waals surface area contributed by atoms with E-state index in [1.165, 1.54) is 0 Å². The molecule has 0 aliphatic heterocycles. The zero-order valence-electron chi connectivity index (χ0n) is 13.1. The summed E-state index contributed by atoms with van der Waals surface area (Å²) < 4.78 is 0. The maximum absolute atomic E-state index is 12.2. The Morgan fingerprint density at radius 1 is 0.958 bits per heavy atom. The van der Waals surface area contributed by atoms with Crippen molar-refractivity contribution in [1.29, 1.82) is 0 Å². The third-order valence-electron chi connectivity index (χ3n) is 3.57. The predicted molar refractivity (Wildman–Crippen MR) is 98.1 cm³/mol. The van der Waals surface area contributed by atoms with Crippen LogP contribution in [0.25, 0.3) is 0 Å². The normalized spacial score (nSPS) is 10.2. The molecular weight excluding hydrogens is 322 g/mol. The monoisotopic (exact) mass is 337 g/mol. The Bertz CT molecular complexity index is 848. The number of aromatic nitrogens is 1. The molecule has 2 aromatic carbocycles. The molecule has 1 amide bonds. The molecule has 0 atom stereocenters. The van der Waals surface area contributed by atoms with Gasteiger partial charge in [-0.25, -0.2) is 4.98 Å². The van der Waals surface area contributed by atoms with Crippen LogP contribution in [0.2, 0.25) is 5.02 Å². The van der Waals surface area contributed by atoms with E-state index >= 15 is 0 Å². The molecule has 4 nitrogen and oxygen atoms in total. The second-order valence-electron chi connectivity index (χ2n) is 5.29. The second-order valence-corrected chi connectivity index (χ2v) is 5.70. The molecule has 2 N–H and O–H groups in total. The molecule has 1 aromatic heterocycles. The Kier molecular flexibility index (Phi) is 4.77.